The topological polar surface area (TPSA) is 50.4 Å². The summed E-state index contributed by atoms with van der Waals surface area (Å²) in [6.07, 6.45) is 3.95. The Labute approximate surface area is 146 Å². The van der Waals surface area contributed by atoms with Crippen LogP contribution in [0, 0.1) is 6.92 Å². The monoisotopic (exact) mass is 332 g/mol. The van der Waals surface area contributed by atoms with Crippen molar-refractivity contribution in [2.45, 2.75) is 84.0 Å². The van der Waals surface area contributed by atoms with Crippen molar-refractivity contribution in [2.75, 3.05) is 0 Å². The van der Waals surface area contributed by atoms with Crippen molar-refractivity contribution < 1.29 is 9.53 Å². The summed E-state index contributed by atoms with van der Waals surface area (Å²) in [6.45, 7) is 9.98. The van der Waals surface area contributed by atoms with Gasteiger partial charge in [-0.25, -0.2) is 4.79 Å². The first kappa shape index (κ1) is 18.8. The molecule has 1 aromatic carbocycles. The normalized spacial score (nSPS) is 22.7. The number of hydrogen-bond acceptors (Lipinski definition) is 3. The van der Waals surface area contributed by atoms with Gasteiger partial charge in [0.2, 0.25) is 0 Å². The van der Waals surface area contributed by atoms with E-state index in [2.05, 4.69) is 48.7 Å². The number of carbonyl (C=O) groups excluding carboxylic acids is 1. The molecule has 1 aromatic rings. The van der Waals surface area contributed by atoms with Crippen molar-refractivity contribution in [3.8, 4) is 0 Å². The van der Waals surface area contributed by atoms with Crippen LogP contribution in [0.25, 0.3) is 0 Å². The number of hydrogen-bond donors (Lipinski definition) is 2. The Morgan fingerprint density at radius 3 is 2.42 bits per heavy atom. The minimum Gasteiger partial charge on any atom is -0.444 e. The van der Waals surface area contributed by atoms with Gasteiger partial charge in [0, 0.05) is 18.1 Å². The van der Waals surface area contributed by atoms with Gasteiger partial charge in [-0.05, 0) is 65.9 Å². The van der Waals surface area contributed by atoms with Gasteiger partial charge in [0.05, 0.1) is 0 Å². The van der Waals surface area contributed by atoms with Crippen LogP contribution < -0.4 is 10.6 Å². The number of amides is 1. The first-order chi connectivity index (χ1) is 11.2. The van der Waals surface area contributed by atoms with Gasteiger partial charge in [0.25, 0.3) is 0 Å². The zero-order valence-corrected chi connectivity index (χ0v) is 15.7. The smallest absolute Gasteiger partial charge is 0.407 e. The van der Waals surface area contributed by atoms with Crippen LogP contribution >= 0.6 is 0 Å². The summed E-state index contributed by atoms with van der Waals surface area (Å²) in [7, 11) is 0. The predicted molar refractivity (Wildman–Crippen MR) is 98.1 cm³/mol. The molecule has 0 heterocycles. The van der Waals surface area contributed by atoms with E-state index in [9.17, 15) is 4.79 Å². The van der Waals surface area contributed by atoms with Gasteiger partial charge < -0.3 is 15.4 Å². The summed E-state index contributed by atoms with van der Waals surface area (Å²) < 4.78 is 5.37. The Morgan fingerprint density at radius 1 is 1.17 bits per heavy atom. The van der Waals surface area contributed by atoms with Crippen LogP contribution in [0.4, 0.5) is 4.79 Å². The van der Waals surface area contributed by atoms with E-state index in [1.165, 1.54) is 11.1 Å². The summed E-state index contributed by atoms with van der Waals surface area (Å²) in [5.41, 5.74) is 2.14. The predicted octanol–water partition coefficient (Wildman–Crippen LogP) is 4.48. The largest absolute Gasteiger partial charge is 0.444 e. The Balaban J connectivity index is 1.84. The van der Waals surface area contributed by atoms with Gasteiger partial charge in [-0.2, -0.15) is 0 Å². The molecule has 4 nitrogen and oxygen atoms in total. The number of nitrogens with one attached hydrogen (secondary N) is 2. The molecule has 1 aliphatic rings. The fraction of sp³-hybridized carbons (Fsp3) is 0.650. The molecular weight excluding hydrogens is 300 g/mol. The molecule has 2 N–H and O–H groups in total. The van der Waals surface area contributed by atoms with E-state index in [-0.39, 0.29) is 12.1 Å². The second kappa shape index (κ2) is 8.02. The number of carbonyl (C=O) groups is 1. The summed E-state index contributed by atoms with van der Waals surface area (Å²) in [6, 6.07) is 9.61. The van der Waals surface area contributed by atoms with Crippen molar-refractivity contribution in [1.82, 2.24) is 10.6 Å². The van der Waals surface area contributed by atoms with E-state index in [4.69, 9.17) is 4.74 Å². The zero-order valence-electron chi connectivity index (χ0n) is 15.7. The quantitative estimate of drug-likeness (QED) is 0.854. The van der Waals surface area contributed by atoms with E-state index in [0.29, 0.717) is 12.1 Å². The molecule has 1 amide bonds. The molecule has 0 radical (unpaired) electrons. The Hall–Kier alpha value is -1.55. The van der Waals surface area contributed by atoms with E-state index in [1.54, 1.807) is 0 Å². The molecule has 3 atom stereocenters. The van der Waals surface area contributed by atoms with Gasteiger partial charge in [0.15, 0.2) is 0 Å². The van der Waals surface area contributed by atoms with E-state index in [1.807, 2.05) is 20.8 Å². The summed E-state index contributed by atoms with van der Waals surface area (Å²) in [5.74, 6) is 0. The third-order valence-corrected chi connectivity index (χ3v) is 4.46. The number of rotatable bonds is 4. The molecule has 1 saturated carbocycles. The SMILES string of the molecule is Cc1ccc([C@H](C)NC2CCCC(NC(=O)OC(C)(C)C)C2)cc1. The summed E-state index contributed by atoms with van der Waals surface area (Å²) in [5, 5.41) is 6.74. The lowest BCUT2D eigenvalue weighted by atomic mass is 9.90. The Kier molecular flexibility index (Phi) is 6.27. The molecule has 0 aromatic heterocycles. The van der Waals surface area contributed by atoms with Crippen LogP contribution in [0.3, 0.4) is 0 Å². The lowest BCUT2D eigenvalue weighted by Crippen LogP contribution is -2.46. The van der Waals surface area contributed by atoms with Crippen LogP contribution in [0.5, 0.6) is 0 Å². The fourth-order valence-corrected chi connectivity index (χ4v) is 3.25. The number of ether oxygens (including phenoxy) is 1. The standard InChI is InChI=1S/C20H32N2O2/c1-14-9-11-16(12-10-14)15(2)21-17-7-6-8-18(13-17)22-19(23)24-20(3,4)5/h9-12,15,17-18,21H,6-8,13H2,1-5H3,(H,22,23)/t15-,17?,18?/m0/s1. The van der Waals surface area contributed by atoms with Crippen molar-refractivity contribution in [2.24, 2.45) is 0 Å². The molecule has 24 heavy (non-hydrogen) atoms. The molecule has 0 spiro atoms. The maximum absolute atomic E-state index is 12.0. The minimum absolute atomic E-state index is 0.191. The maximum atomic E-state index is 12.0. The lowest BCUT2D eigenvalue weighted by molar-refractivity contribution is 0.0488. The van der Waals surface area contributed by atoms with Crippen molar-refractivity contribution in [1.29, 1.82) is 0 Å². The van der Waals surface area contributed by atoms with Gasteiger partial charge in [-0.1, -0.05) is 29.8 Å². The average molecular weight is 332 g/mol. The van der Waals surface area contributed by atoms with Crippen LogP contribution in [0.2, 0.25) is 0 Å². The molecule has 0 aliphatic heterocycles. The lowest BCUT2D eigenvalue weighted by Gasteiger charge is -2.33. The van der Waals surface area contributed by atoms with Crippen LogP contribution in [0.1, 0.15) is 70.5 Å². The number of aryl methyl sites for hydroxylation is 1. The van der Waals surface area contributed by atoms with Crippen LogP contribution in [-0.2, 0) is 4.74 Å². The third-order valence-electron chi connectivity index (χ3n) is 4.46. The highest BCUT2D eigenvalue weighted by Gasteiger charge is 2.26. The zero-order chi connectivity index (χ0) is 17.7. The number of alkyl carbamates (subject to hydrolysis) is 1. The van der Waals surface area contributed by atoms with Gasteiger partial charge >= 0.3 is 6.09 Å². The van der Waals surface area contributed by atoms with Crippen LogP contribution in [-0.4, -0.2) is 23.8 Å². The number of benzene rings is 1. The van der Waals surface area contributed by atoms with Gasteiger partial charge in [-0.3, -0.25) is 0 Å². The van der Waals surface area contributed by atoms with E-state index >= 15 is 0 Å². The second-order valence-electron chi connectivity index (χ2n) is 8.01. The molecule has 2 unspecified atom stereocenters. The molecule has 0 saturated heterocycles. The molecule has 2 rings (SSSR count). The second-order valence-corrected chi connectivity index (χ2v) is 8.01. The van der Waals surface area contributed by atoms with Gasteiger partial charge in [0.1, 0.15) is 5.60 Å². The first-order valence-electron chi connectivity index (χ1n) is 9.05. The van der Waals surface area contributed by atoms with Crippen LogP contribution in [0.15, 0.2) is 24.3 Å². The fourth-order valence-electron chi connectivity index (χ4n) is 3.25. The van der Waals surface area contributed by atoms with E-state index < -0.39 is 5.60 Å². The molecule has 1 fully saturated rings. The molecular formula is C20H32N2O2. The molecule has 134 valence electrons. The van der Waals surface area contributed by atoms with E-state index in [0.717, 1.165) is 25.7 Å². The Bertz CT molecular complexity index is 534. The highest BCUT2D eigenvalue weighted by atomic mass is 16.6. The third kappa shape index (κ3) is 6.16. The summed E-state index contributed by atoms with van der Waals surface area (Å²) >= 11 is 0. The molecule has 0 bridgehead atoms. The minimum atomic E-state index is -0.448. The maximum Gasteiger partial charge on any atom is 0.407 e. The highest BCUT2D eigenvalue weighted by molar-refractivity contribution is 5.68. The van der Waals surface area contributed by atoms with Gasteiger partial charge in [-0.15, -0.1) is 0 Å². The highest BCUT2D eigenvalue weighted by Crippen LogP contribution is 2.23. The van der Waals surface area contributed by atoms with Crippen molar-refractivity contribution in [3.63, 3.8) is 0 Å². The first-order valence-corrected chi connectivity index (χ1v) is 9.05. The summed E-state index contributed by atoms with van der Waals surface area (Å²) in [4.78, 5) is 12.0. The van der Waals surface area contributed by atoms with Crippen molar-refractivity contribution in [3.05, 3.63) is 35.4 Å². The Morgan fingerprint density at radius 2 is 1.79 bits per heavy atom. The molecule has 1 aliphatic carbocycles. The van der Waals surface area contributed by atoms with Crippen molar-refractivity contribution >= 4 is 6.09 Å². The molecule has 4 heteroatoms. The average Bonchev–Trinajstić information content (AvgIpc) is 2.46.